The zero-order valence-electron chi connectivity index (χ0n) is 19.4. The fraction of sp³-hybridized carbons (Fsp3) is 0.231. The molecule has 7 nitrogen and oxygen atoms in total. The highest BCUT2D eigenvalue weighted by atomic mass is 16.5. The van der Waals surface area contributed by atoms with Crippen molar-refractivity contribution in [1.29, 1.82) is 0 Å². The van der Waals surface area contributed by atoms with Gasteiger partial charge in [0.15, 0.2) is 0 Å². The molecule has 2 aromatic carbocycles. The number of hydrogen-bond acceptors (Lipinski definition) is 4. The van der Waals surface area contributed by atoms with Gasteiger partial charge in [-0.05, 0) is 29.8 Å². The van der Waals surface area contributed by atoms with Gasteiger partial charge in [-0.2, -0.15) is 10.2 Å². The molecule has 33 heavy (non-hydrogen) atoms. The van der Waals surface area contributed by atoms with Crippen LogP contribution in [0, 0.1) is 0 Å². The van der Waals surface area contributed by atoms with Crippen LogP contribution < -0.4 is 4.74 Å². The van der Waals surface area contributed by atoms with E-state index in [1.807, 2.05) is 72.5 Å². The van der Waals surface area contributed by atoms with E-state index in [0.29, 0.717) is 5.52 Å². The van der Waals surface area contributed by atoms with Crippen LogP contribution in [0.3, 0.4) is 0 Å². The van der Waals surface area contributed by atoms with E-state index in [1.165, 1.54) is 0 Å². The van der Waals surface area contributed by atoms with Gasteiger partial charge in [0.05, 0.1) is 30.1 Å². The van der Waals surface area contributed by atoms with Crippen molar-refractivity contribution in [2.24, 2.45) is 7.05 Å². The summed E-state index contributed by atoms with van der Waals surface area (Å²) < 4.78 is 9.34. The number of aromatic amines is 1. The van der Waals surface area contributed by atoms with Gasteiger partial charge < -0.3 is 9.84 Å². The summed E-state index contributed by atoms with van der Waals surface area (Å²) >= 11 is 0. The average molecular weight is 442 g/mol. The Kier molecular flexibility index (Phi) is 4.78. The van der Waals surface area contributed by atoms with Crippen LogP contribution >= 0.6 is 0 Å². The number of H-pyrrole nitrogens is 1. The van der Waals surface area contributed by atoms with Crippen LogP contribution in [0.2, 0.25) is 0 Å². The Bertz CT molecular complexity index is 1450. The monoisotopic (exact) mass is 441 g/mol. The fourth-order valence-corrected chi connectivity index (χ4v) is 4.33. The minimum absolute atomic E-state index is 0.114. The quantitative estimate of drug-likeness (QED) is 0.390. The number of aryl methyl sites for hydroxylation is 1. The smallest absolute Gasteiger partial charge is 0.222 e. The SMILES string of the molecule is COc1ccccc1-c1c2c(C(C)(C)C)n[nH]c2c(O)n1-c1ccc(-c2cnn(C)c2)cc1. The molecule has 2 N–H and O–H groups in total. The Balaban J connectivity index is 1.79. The highest BCUT2D eigenvalue weighted by Crippen LogP contribution is 2.46. The first kappa shape index (κ1) is 20.9. The van der Waals surface area contributed by atoms with Crippen LogP contribution in [-0.4, -0.2) is 36.8 Å². The number of ether oxygens (including phenoxy) is 1. The number of nitrogens with one attached hydrogen (secondary N) is 1. The van der Waals surface area contributed by atoms with Gasteiger partial charge in [-0.3, -0.25) is 14.3 Å². The van der Waals surface area contributed by atoms with Crippen molar-refractivity contribution < 1.29 is 9.84 Å². The lowest BCUT2D eigenvalue weighted by molar-refractivity contribution is 0.416. The molecule has 5 rings (SSSR count). The summed E-state index contributed by atoms with van der Waals surface area (Å²) in [4.78, 5) is 0. The van der Waals surface area contributed by atoms with Crippen molar-refractivity contribution in [2.45, 2.75) is 26.2 Å². The number of hydrogen-bond donors (Lipinski definition) is 2. The zero-order chi connectivity index (χ0) is 23.3. The normalized spacial score (nSPS) is 11.9. The second-order valence-electron chi connectivity index (χ2n) is 9.23. The molecular formula is C26H27N5O2. The number of nitrogens with zero attached hydrogens (tertiary/aromatic N) is 4. The lowest BCUT2D eigenvalue weighted by Crippen LogP contribution is -2.12. The van der Waals surface area contributed by atoms with E-state index in [1.54, 1.807) is 11.8 Å². The van der Waals surface area contributed by atoms with Gasteiger partial charge in [0.25, 0.3) is 0 Å². The van der Waals surface area contributed by atoms with Gasteiger partial charge in [0.1, 0.15) is 11.3 Å². The Morgan fingerprint density at radius 3 is 2.36 bits per heavy atom. The van der Waals surface area contributed by atoms with Crippen molar-refractivity contribution in [2.75, 3.05) is 7.11 Å². The Labute approximate surface area is 192 Å². The Hall–Kier alpha value is -4.00. The van der Waals surface area contributed by atoms with Crippen molar-refractivity contribution in [3.8, 4) is 39.7 Å². The van der Waals surface area contributed by atoms with Crippen LogP contribution in [0.15, 0.2) is 60.9 Å². The lowest BCUT2D eigenvalue weighted by atomic mass is 9.89. The summed E-state index contributed by atoms with van der Waals surface area (Å²) in [6, 6.07) is 15.9. The number of aromatic nitrogens is 5. The molecule has 3 heterocycles. The van der Waals surface area contributed by atoms with E-state index < -0.39 is 0 Å². The van der Waals surface area contributed by atoms with Crippen molar-refractivity contribution in [3.63, 3.8) is 0 Å². The van der Waals surface area contributed by atoms with Gasteiger partial charge in [-0.25, -0.2) is 0 Å². The molecule has 0 saturated heterocycles. The summed E-state index contributed by atoms with van der Waals surface area (Å²) in [7, 11) is 3.56. The first-order valence-corrected chi connectivity index (χ1v) is 10.8. The van der Waals surface area contributed by atoms with Gasteiger partial charge >= 0.3 is 0 Å². The second-order valence-corrected chi connectivity index (χ2v) is 9.23. The van der Waals surface area contributed by atoms with Crippen LogP contribution in [0.25, 0.3) is 39.0 Å². The summed E-state index contributed by atoms with van der Waals surface area (Å²) in [5.74, 6) is 0.842. The van der Waals surface area contributed by atoms with E-state index in [0.717, 1.165) is 44.9 Å². The molecule has 0 saturated carbocycles. The maximum Gasteiger partial charge on any atom is 0.222 e. The highest BCUT2D eigenvalue weighted by Gasteiger charge is 2.30. The fourth-order valence-electron chi connectivity index (χ4n) is 4.33. The largest absolute Gasteiger partial charge is 0.496 e. The van der Waals surface area contributed by atoms with Gasteiger partial charge in [0, 0.05) is 35.5 Å². The Morgan fingerprint density at radius 2 is 1.73 bits per heavy atom. The van der Waals surface area contributed by atoms with Crippen LogP contribution in [0.4, 0.5) is 0 Å². The predicted molar refractivity (Wildman–Crippen MR) is 130 cm³/mol. The number of aromatic hydroxyl groups is 1. The van der Waals surface area contributed by atoms with Crippen molar-refractivity contribution >= 4 is 10.9 Å². The van der Waals surface area contributed by atoms with Gasteiger partial charge in [-0.1, -0.05) is 45.0 Å². The van der Waals surface area contributed by atoms with E-state index in [9.17, 15) is 5.11 Å². The molecule has 0 aliphatic rings. The first-order valence-electron chi connectivity index (χ1n) is 10.8. The number of fused-ring (bicyclic) bond motifs is 1. The molecule has 0 unspecified atom stereocenters. The van der Waals surface area contributed by atoms with E-state index >= 15 is 0 Å². The Morgan fingerprint density at radius 1 is 1.00 bits per heavy atom. The second kappa shape index (κ2) is 7.55. The molecule has 7 heteroatoms. The number of rotatable bonds is 4. The summed E-state index contributed by atoms with van der Waals surface area (Å²) in [6.07, 6.45) is 3.82. The van der Waals surface area contributed by atoms with Crippen molar-refractivity contribution in [3.05, 3.63) is 66.6 Å². The summed E-state index contributed by atoms with van der Waals surface area (Å²) in [5, 5.41) is 24.1. The van der Waals surface area contributed by atoms with Crippen LogP contribution in [0.1, 0.15) is 26.5 Å². The zero-order valence-corrected chi connectivity index (χ0v) is 19.4. The molecule has 168 valence electrons. The molecular weight excluding hydrogens is 414 g/mol. The molecule has 0 aliphatic heterocycles. The molecule has 3 aromatic heterocycles. The first-order chi connectivity index (χ1) is 15.8. The van der Waals surface area contributed by atoms with E-state index in [4.69, 9.17) is 4.74 Å². The maximum atomic E-state index is 11.4. The third-order valence-electron chi connectivity index (χ3n) is 5.90. The van der Waals surface area contributed by atoms with E-state index in [2.05, 4.69) is 36.1 Å². The average Bonchev–Trinajstić information content (AvgIpc) is 3.49. The molecule has 0 fully saturated rings. The maximum absolute atomic E-state index is 11.4. The van der Waals surface area contributed by atoms with Crippen LogP contribution in [-0.2, 0) is 12.5 Å². The minimum Gasteiger partial charge on any atom is -0.496 e. The number of para-hydroxylation sites is 1. The van der Waals surface area contributed by atoms with Gasteiger partial charge in [0.2, 0.25) is 5.88 Å². The number of methoxy groups -OCH3 is 1. The van der Waals surface area contributed by atoms with E-state index in [-0.39, 0.29) is 11.3 Å². The summed E-state index contributed by atoms with van der Waals surface area (Å²) in [5.41, 5.74) is 5.93. The molecule has 5 aromatic rings. The predicted octanol–water partition coefficient (Wildman–Crippen LogP) is 5.43. The molecule has 0 aliphatic carbocycles. The topological polar surface area (TPSA) is 80.9 Å². The van der Waals surface area contributed by atoms with Crippen LogP contribution in [0.5, 0.6) is 11.6 Å². The standard InChI is InChI=1S/C26H27N5O2/c1-26(2,3)24-21-22(28-29-24)25(32)31(23(21)19-8-6-7-9-20(19)33-5)18-12-10-16(11-13-18)17-14-27-30(4)15-17/h6-15,28,32H,1-5H3. The van der Waals surface area contributed by atoms with Crippen molar-refractivity contribution in [1.82, 2.24) is 24.5 Å². The molecule has 0 radical (unpaired) electrons. The summed E-state index contributed by atoms with van der Waals surface area (Å²) in [6.45, 7) is 6.35. The molecule has 0 amide bonds. The molecule has 0 spiro atoms. The third kappa shape index (κ3) is 3.36. The molecule has 0 atom stereocenters. The third-order valence-corrected chi connectivity index (χ3v) is 5.90. The van der Waals surface area contributed by atoms with Gasteiger partial charge in [-0.15, -0.1) is 0 Å². The number of benzene rings is 2. The minimum atomic E-state index is -0.224. The lowest BCUT2D eigenvalue weighted by Gasteiger charge is -2.18. The highest BCUT2D eigenvalue weighted by molar-refractivity contribution is 6.02. The molecule has 0 bridgehead atoms.